The number of nitrogens with two attached hydrogens (primary N) is 1. The average Bonchev–Trinajstić information content (AvgIpc) is 2.31. The minimum absolute atomic E-state index is 0.0753. The van der Waals surface area contributed by atoms with Gasteiger partial charge in [0.1, 0.15) is 6.04 Å². The van der Waals surface area contributed by atoms with Gasteiger partial charge in [-0.1, -0.05) is 19.2 Å². The highest BCUT2D eigenvalue weighted by molar-refractivity contribution is 5.86. The van der Waals surface area contributed by atoms with Crippen molar-refractivity contribution in [2.75, 3.05) is 0 Å². The summed E-state index contributed by atoms with van der Waals surface area (Å²) in [5.41, 5.74) is 5.35. The van der Waals surface area contributed by atoms with Crippen molar-refractivity contribution < 1.29 is 24.6 Å². The molecule has 100 valence electrons. The zero-order valence-corrected chi connectivity index (χ0v) is 9.76. The van der Waals surface area contributed by atoms with Crippen LogP contribution >= 0.6 is 0 Å². The molecule has 0 aliphatic rings. The quantitative estimate of drug-likeness (QED) is 0.433. The monoisotopic (exact) mass is 256 g/mol. The molecular formula is C11H16N2O5. The molecule has 0 aromatic heterocycles. The van der Waals surface area contributed by atoms with Gasteiger partial charge < -0.3 is 21.3 Å². The normalized spacial score (nSPS) is 13.2. The van der Waals surface area contributed by atoms with Crippen molar-refractivity contribution in [1.82, 2.24) is 5.32 Å². The molecule has 18 heavy (non-hydrogen) atoms. The summed E-state index contributed by atoms with van der Waals surface area (Å²) in [6.45, 7) is 6.80. The van der Waals surface area contributed by atoms with Gasteiger partial charge in [0, 0.05) is 6.42 Å². The number of carboxylic acid groups (broad SMARTS) is 2. The number of carbonyl (C=O) groups is 3. The van der Waals surface area contributed by atoms with Crippen molar-refractivity contribution in [2.24, 2.45) is 5.73 Å². The number of hydrogen-bond donors (Lipinski definition) is 4. The van der Waals surface area contributed by atoms with Crippen LogP contribution in [0.3, 0.4) is 0 Å². The Morgan fingerprint density at radius 1 is 1.28 bits per heavy atom. The van der Waals surface area contributed by atoms with E-state index in [1.165, 1.54) is 6.08 Å². The number of rotatable bonds is 8. The summed E-state index contributed by atoms with van der Waals surface area (Å²) in [5.74, 6) is -3.09. The molecular weight excluding hydrogens is 240 g/mol. The maximum atomic E-state index is 11.4. The van der Waals surface area contributed by atoms with Gasteiger partial charge in [0.2, 0.25) is 5.91 Å². The highest BCUT2D eigenvalue weighted by Crippen LogP contribution is 2.03. The Hall–Kier alpha value is -2.15. The van der Waals surface area contributed by atoms with Gasteiger partial charge in [-0.3, -0.25) is 9.59 Å². The number of aliphatic carboxylic acids is 2. The maximum absolute atomic E-state index is 11.4. The van der Waals surface area contributed by atoms with E-state index in [-0.39, 0.29) is 18.4 Å². The zero-order chi connectivity index (χ0) is 14.3. The largest absolute Gasteiger partial charge is 0.480 e. The van der Waals surface area contributed by atoms with Gasteiger partial charge in [-0.05, 0) is 12.0 Å². The summed E-state index contributed by atoms with van der Waals surface area (Å²) in [5, 5.41) is 19.6. The molecule has 0 spiro atoms. The first-order valence-corrected chi connectivity index (χ1v) is 5.11. The van der Waals surface area contributed by atoms with Gasteiger partial charge in [-0.15, -0.1) is 0 Å². The van der Waals surface area contributed by atoms with Crippen LogP contribution in [0.2, 0.25) is 0 Å². The second kappa shape index (κ2) is 7.23. The van der Waals surface area contributed by atoms with E-state index in [0.29, 0.717) is 0 Å². The van der Waals surface area contributed by atoms with E-state index in [1.807, 2.05) is 0 Å². The first-order valence-electron chi connectivity index (χ1n) is 5.11. The van der Waals surface area contributed by atoms with Crippen LogP contribution in [-0.4, -0.2) is 40.1 Å². The summed E-state index contributed by atoms with van der Waals surface area (Å²) in [7, 11) is 0. The third kappa shape index (κ3) is 5.26. The first-order chi connectivity index (χ1) is 8.29. The Morgan fingerprint density at radius 2 is 1.83 bits per heavy atom. The van der Waals surface area contributed by atoms with Crippen LogP contribution in [0.5, 0.6) is 0 Å². The molecule has 1 unspecified atom stereocenters. The molecule has 0 heterocycles. The van der Waals surface area contributed by atoms with Crippen LogP contribution in [0.1, 0.15) is 12.8 Å². The Kier molecular flexibility index (Phi) is 6.37. The Morgan fingerprint density at radius 3 is 2.22 bits per heavy atom. The molecule has 0 bridgehead atoms. The fourth-order valence-corrected chi connectivity index (χ4v) is 1.07. The van der Waals surface area contributed by atoms with E-state index in [0.717, 1.165) is 0 Å². The predicted octanol–water partition coefficient (Wildman–Crippen LogP) is -0.510. The van der Waals surface area contributed by atoms with Crippen molar-refractivity contribution in [1.29, 1.82) is 0 Å². The molecule has 0 rings (SSSR count). The molecule has 0 aromatic carbocycles. The minimum atomic E-state index is -1.27. The number of nitrogens with one attached hydrogen (secondary N) is 1. The number of amides is 1. The van der Waals surface area contributed by atoms with E-state index in [4.69, 9.17) is 15.9 Å². The van der Waals surface area contributed by atoms with Gasteiger partial charge >= 0.3 is 11.9 Å². The molecule has 7 heteroatoms. The molecule has 0 saturated heterocycles. The van der Waals surface area contributed by atoms with E-state index >= 15 is 0 Å². The highest BCUT2D eigenvalue weighted by Gasteiger charge is 2.22. The molecule has 0 radical (unpaired) electrons. The van der Waals surface area contributed by atoms with Gasteiger partial charge in [-0.25, -0.2) is 4.79 Å². The predicted molar refractivity (Wildman–Crippen MR) is 63.7 cm³/mol. The van der Waals surface area contributed by atoms with Crippen LogP contribution in [-0.2, 0) is 14.4 Å². The summed E-state index contributed by atoms with van der Waals surface area (Å²) >= 11 is 0. The third-order valence-electron chi connectivity index (χ3n) is 2.18. The Labute approximate surface area is 104 Å². The van der Waals surface area contributed by atoms with Gasteiger partial charge in [0.05, 0.1) is 0 Å². The smallest absolute Gasteiger partial charge is 0.330 e. The molecule has 1 amide bonds. The SMILES string of the molecule is C=CC(=C)C(NC(=O)CC[C@H](N)C(=O)O)C(=O)O. The number of hydrogen-bond acceptors (Lipinski definition) is 4. The summed E-state index contributed by atoms with van der Waals surface area (Å²) in [6.07, 6.45) is 0.970. The van der Waals surface area contributed by atoms with Crippen molar-refractivity contribution in [2.45, 2.75) is 24.9 Å². The Balaban J connectivity index is 4.36. The molecule has 0 saturated carbocycles. The van der Waals surface area contributed by atoms with Gasteiger partial charge in [0.15, 0.2) is 6.04 Å². The fourth-order valence-electron chi connectivity index (χ4n) is 1.07. The lowest BCUT2D eigenvalue weighted by Crippen LogP contribution is -2.42. The van der Waals surface area contributed by atoms with Crippen LogP contribution < -0.4 is 11.1 Å². The van der Waals surface area contributed by atoms with Crippen LogP contribution in [0.25, 0.3) is 0 Å². The van der Waals surface area contributed by atoms with Crippen LogP contribution in [0, 0.1) is 0 Å². The average molecular weight is 256 g/mol. The van der Waals surface area contributed by atoms with Crippen molar-refractivity contribution in [3.8, 4) is 0 Å². The van der Waals surface area contributed by atoms with Crippen molar-refractivity contribution in [3.63, 3.8) is 0 Å². The first kappa shape index (κ1) is 15.9. The van der Waals surface area contributed by atoms with E-state index in [1.54, 1.807) is 0 Å². The lowest BCUT2D eigenvalue weighted by molar-refractivity contribution is -0.141. The molecule has 5 N–H and O–H groups in total. The zero-order valence-electron chi connectivity index (χ0n) is 9.76. The fraction of sp³-hybridized carbons (Fsp3) is 0.364. The second-order valence-corrected chi connectivity index (χ2v) is 3.60. The Bertz CT molecular complexity index is 378. The van der Waals surface area contributed by atoms with E-state index in [2.05, 4.69) is 18.5 Å². The molecule has 0 aliphatic carbocycles. The van der Waals surface area contributed by atoms with Crippen molar-refractivity contribution in [3.05, 3.63) is 24.8 Å². The van der Waals surface area contributed by atoms with Crippen molar-refractivity contribution >= 4 is 17.8 Å². The lowest BCUT2D eigenvalue weighted by Gasteiger charge is -2.15. The summed E-state index contributed by atoms with van der Waals surface area (Å²) in [4.78, 5) is 32.7. The summed E-state index contributed by atoms with van der Waals surface area (Å²) in [6, 6.07) is -2.42. The van der Waals surface area contributed by atoms with Gasteiger partial charge in [-0.2, -0.15) is 0 Å². The molecule has 0 aliphatic heterocycles. The molecule has 7 nitrogen and oxygen atoms in total. The van der Waals surface area contributed by atoms with Crippen LogP contribution in [0.15, 0.2) is 24.8 Å². The maximum Gasteiger partial charge on any atom is 0.330 e. The minimum Gasteiger partial charge on any atom is -0.480 e. The van der Waals surface area contributed by atoms with Gasteiger partial charge in [0.25, 0.3) is 0 Å². The summed E-state index contributed by atoms with van der Waals surface area (Å²) < 4.78 is 0. The van der Waals surface area contributed by atoms with E-state index < -0.39 is 29.9 Å². The molecule has 0 aromatic rings. The highest BCUT2D eigenvalue weighted by atomic mass is 16.4. The number of carbonyl (C=O) groups excluding carboxylic acids is 1. The molecule has 2 atom stereocenters. The standard InChI is InChI=1S/C11H16N2O5/c1-3-6(2)9(11(17)18)13-8(14)5-4-7(12)10(15)16/h3,7,9H,1-2,4-5,12H2,(H,13,14)(H,15,16)(H,17,18)/t7-,9?/m0/s1. The van der Waals surface area contributed by atoms with Crippen LogP contribution in [0.4, 0.5) is 0 Å². The second-order valence-electron chi connectivity index (χ2n) is 3.60. The third-order valence-corrected chi connectivity index (χ3v) is 2.18. The number of carboxylic acids is 2. The molecule has 0 fully saturated rings. The topological polar surface area (TPSA) is 130 Å². The lowest BCUT2D eigenvalue weighted by atomic mass is 10.1. The van der Waals surface area contributed by atoms with E-state index in [9.17, 15) is 14.4 Å².